The van der Waals surface area contributed by atoms with E-state index in [-0.39, 0.29) is 24.0 Å². The fourth-order valence-corrected chi connectivity index (χ4v) is 4.04. The summed E-state index contributed by atoms with van der Waals surface area (Å²) in [5.41, 5.74) is 3.88. The summed E-state index contributed by atoms with van der Waals surface area (Å²) >= 11 is 0. The Morgan fingerprint density at radius 1 is 1.11 bits per heavy atom. The maximum Gasteiger partial charge on any atom is 0.292 e. The molecule has 2 aliphatic heterocycles. The summed E-state index contributed by atoms with van der Waals surface area (Å²) in [5, 5.41) is 3.19. The summed E-state index contributed by atoms with van der Waals surface area (Å²) in [6, 6.07) is 12.4. The third-order valence-electron chi connectivity index (χ3n) is 5.37. The fourth-order valence-electron chi connectivity index (χ4n) is 4.04. The summed E-state index contributed by atoms with van der Waals surface area (Å²) < 4.78 is 12.0. The molecule has 1 amide bonds. The van der Waals surface area contributed by atoms with Gasteiger partial charge in [-0.15, -0.1) is 0 Å². The molecular formula is C22H25N3O3. The van der Waals surface area contributed by atoms with Crippen molar-refractivity contribution in [1.82, 2.24) is 10.3 Å². The van der Waals surface area contributed by atoms with Crippen molar-refractivity contribution < 1.29 is 14.3 Å². The molecule has 0 saturated heterocycles. The van der Waals surface area contributed by atoms with Crippen molar-refractivity contribution in [3.8, 4) is 0 Å². The minimum absolute atomic E-state index is 0.234. The number of amidine groups is 1. The van der Waals surface area contributed by atoms with E-state index in [2.05, 4.69) is 46.5 Å². The highest BCUT2D eigenvalue weighted by molar-refractivity contribution is 5.91. The minimum Gasteiger partial charge on any atom is -0.458 e. The van der Waals surface area contributed by atoms with Crippen LogP contribution in [0.25, 0.3) is 0 Å². The zero-order valence-electron chi connectivity index (χ0n) is 16.1. The van der Waals surface area contributed by atoms with Crippen LogP contribution in [0.5, 0.6) is 0 Å². The average Bonchev–Trinajstić information content (AvgIpc) is 3.05. The van der Waals surface area contributed by atoms with E-state index >= 15 is 0 Å². The van der Waals surface area contributed by atoms with Gasteiger partial charge in [-0.25, -0.2) is 0 Å². The number of nitrogens with one attached hydrogen (secondary N) is 1. The van der Waals surface area contributed by atoms with Crippen molar-refractivity contribution in [3.63, 3.8) is 0 Å². The number of nitrogens with zero attached hydrogens (tertiary/aromatic N) is 2. The number of aromatic nitrogens is 1. The Balaban J connectivity index is 1.43. The summed E-state index contributed by atoms with van der Waals surface area (Å²) in [4.78, 5) is 20.6. The number of carbonyl (C=O) groups excluding carboxylic acids is 1. The zero-order chi connectivity index (χ0) is 19.4. The minimum atomic E-state index is -0.293. The van der Waals surface area contributed by atoms with Gasteiger partial charge in [0.1, 0.15) is 6.61 Å². The van der Waals surface area contributed by atoms with Gasteiger partial charge in [-0.1, -0.05) is 43.7 Å². The molecule has 4 rings (SSSR count). The lowest BCUT2D eigenvalue weighted by molar-refractivity contribution is -0.117. The molecule has 6 heteroatoms. The van der Waals surface area contributed by atoms with Crippen LogP contribution < -0.4 is 5.32 Å². The standard InChI is InChI=1S/C22H25N3O3/c1-2-9-22(18-8-4-3-6-17(18)14-28-22)10-12-24-21-25-20(26)13-16-7-5-11-23-19(16)15-27-21/h3-8,11H,2,9-10,12-15H2,1H3,(H,24,25,26). The topological polar surface area (TPSA) is 72.8 Å². The first-order valence-electron chi connectivity index (χ1n) is 9.83. The van der Waals surface area contributed by atoms with Gasteiger partial charge in [0.2, 0.25) is 0 Å². The Morgan fingerprint density at radius 2 is 1.96 bits per heavy atom. The molecular weight excluding hydrogens is 354 g/mol. The van der Waals surface area contributed by atoms with E-state index in [1.165, 1.54) is 11.1 Å². The number of ether oxygens (including phenoxy) is 2. The molecule has 2 aliphatic rings. The Kier molecular flexibility index (Phi) is 5.39. The van der Waals surface area contributed by atoms with Gasteiger partial charge in [0, 0.05) is 12.7 Å². The number of fused-ring (bicyclic) bond motifs is 2. The molecule has 0 radical (unpaired) electrons. The van der Waals surface area contributed by atoms with Crippen LogP contribution in [0.4, 0.5) is 0 Å². The van der Waals surface area contributed by atoms with Crippen LogP contribution in [0.15, 0.2) is 47.6 Å². The molecule has 0 saturated carbocycles. The lowest BCUT2D eigenvalue weighted by atomic mass is 9.85. The van der Waals surface area contributed by atoms with E-state index in [1.54, 1.807) is 6.20 Å². The van der Waals surface area contributed by atoms with Gasteiger partial charge >= 0.3 is 0 Å². The second kappa shape index (κ2) is 8.10. The molecule has 3 heterocycles. The van der Waals surface area contributed by atoms with E-state index in [1.807, 2.05) is 12.1 Å². The van der Waals surface area contributed by atoms with E-state index < -0.39 is 0 Å². The lowest BCUT2D eigenvalue weighted by Gasteiger charge is -2.30. The van der Waals surface area contributed by atoms with Crippen LogP contribution in [0.3, 0.4) is 0 Å². The molecule has 0 fully saturated rings. The molecule has 0 bridgehead atoms. The molecule has 1 aromatic carbocycles. The predicted molar refractivity (Wildman–Crippen MR) is 106 cm³/mol. The second-order valence-corrected chi connectivity index (χ2v) is 7.25. The molecule has 28 heavy (non-hydrogen) atoms. The van der Waals surface area contributed by atoms with E-state index in [0.717, 1.165) is 30.5 Å². The summed E-state index contributed by atoms with van der Waals surface area (Å²) in [7, 11) is 0. The van der Waals surface area contributed by atoms with Crippen LogP contribution >= 0.6 is 0 Å². The first-order chi connectivity index (χ1) is 13.7. The highest BCUT2D eigenvalue weighted by atomic mass is 16.5. The number of benzene rings is 1. The van der Waals surface area contributed by atoms with Crippen LogP contribution in [-0.4, -0.2) is 23.5 Å². The Bertz CT molecular complexity index is 892. The van der Waals surface area contributed by atoms with Crippen LogP contribution in [0.2, 0.25) is 0 Å². The molecule has 146 valence electrons. The van der Waals surface area contributed by atoms with Crippen molar-refractivity contribution >= 4 is 11.9 Å². The number of carbonyl (C=O) groups is 1. The van der Waals surface area contributed by atoms with E-state index in [4.69, 9.17) is 9.47 Å². The van der Waals surface area contributed by atoms with Crippen molar-refractivity contribution in [2.45, 2.75) is 51.4 Å². The summed E-state index contributed by atoms with van der Waals surface area (Å²) in [6.07, 6.45) is 4.72. The maximum absolute atomic E-state index is 12.2. The van der Waals surface area contributed by atoms with Gasteiger partial charge in [0.15, 0.2) is 0 Å². The summed E-state index contributed by atoms with van der Waals surface area (Å²) in [5.74, 6) is -0.234. The highest BCUT2D eigenvalue weighted by Gasteiger charge is 2.38. The van der Waals surface area contributed by atoms with Crippen LogP contribution in [0.1, 0.15) is 48.6 Å². The number of hydrogen-bond donors (Lipinski definition) is 1. The number of aliphatic imine (C=N–C) groups is 1. The SMILES string of the molecule is CCCC1(CCN/C2=N/C(=O)Cc3cccnc3CO2)OCc2ccccc21. The third-order valence-corrected chi connectivity index (χ3v) is 5.37. The third kappa shape index (κ3) is 3.78. The molecule has 6 nitrogen and oxygen atoms in total. The smallest absolute Gasteiger partial charge is 0.292 e. The Morgan fingerprint density at radius 3 is 2.86 bits per heavy atom. The molecule has 1 unspecified atom stereocenters. The Hall–Kier alpha value is -2.73. The van der Waals surface area contributed by atoms with E-state index in [9.17, 15) is 4.79 Å². The Labute approximate surface area is 165 Å². The number of amides is 1. The summed E-state index contributed by atoms with van der Waals surface area (Å²) in [6.45, 7) is 3.73. The fraction of sp³-hybridized carbons (Fsp3) is 0.409. The first kappa shape index (κ1) is 18.6. The monoisotopic (exact) mass is 379 g/mol. The van der Waals surface area contributed by atoms with Gasteiger partial charge in [-0.2, -0.15) is 4.99 Å². The lowest BCUT2D eigenvalue weighted by Crippen LogP contribution is -2.35. The molecule has 0 spiro atoms. The van der Waals surface area contributed by atoms with Gasteiger partial charge in [-0.3, -0.25) is 9.78 Å². The van der Waals surface area contributed by atoms with Crippen molar-refractivity contribution in [2.75, 3.05) is 6.54 Å². The molecule has 2 aromatic rings. The largest absolute Gasteiger partial charge is 0.458 e. The second-order valence-electron chi connectivity index (χ2n) is 7.25. The van der Waals surface area contributed by atoms with Crippen LogP contribution in [-0.2, 0) is 39.5 Å². The quantitative estimate of drug-likeness (QED) is 0.863. The van der Waals surface area contributed by atoms with Crippen LogP contribution in [0, 0.1) is 0 Å². The zero-order valence-corrected chi connectivity index (χ0v) is 16.1. The van der Waals surface area contributed by atoms with Gasteiger partial charge < -0.3 is 14.8 Å². The van der Waals surface area contributed by atoms with Gasteiger partial charge in [0.25, 0.3) is 11.9 Å². The normalized spacial score (nSPS) is 22.9. The van der Waals surface area contributed by atoms with Crippen molar-refractivity contribution in [2.24, 2.45) is 4.99 Å². The van der Waals surface area contributed by atoms with Crippen molar-refractivity contribution in [3.05, 3.63) is 65.0 Å². The van der Waals surface area contributed by atoms with Gasteiger partial charge in [-0.05, 0) is 35.6 Å². The first-order valence-corrected chi connectivity index (χ1v) is 9.83. The molecule has 1 aromatic heterocycles. The average molecular weight is 379 g/mol. The van der Waals surface area contributed by atoms with Crippen molar-refractivity contribution in [1.29, 1.82) is 0 Å². The molecule has 0 aliphatic carbocycles. The molecule has 1 atom stereocenters. The molecule has 1 N–H and O–H groups in total. The highest BCUT2D eigenvalue weighted by Crippen LogP contribution is 2.42. The number of rotatable bonds is 5. The number of pyridine rings is 1. The number of hydrogen-bond acceptors (Lipinski definition) is 5. The predicted octanol–water partition coefficient (Wildman–Crippen LogP) is 3.24. The maximum atomic E-state index is 12.2. The van der Waals surface area contributed by atoms with E-state index in [0.29, 0.717) is 19.8 Å². The van der Waals surface area contributed by atoms with Gasteiger partial charge in [0.05, 0.1) is 24.3 Å².